The molecule has 2 saturated heterocycles. The Morgan fingerprint density at radius 1 is 1.23 bits per heavy atom. The van der Waals surface area contributed by atoms with E-state index in [4.69, 9.17) is 4.74 Å². The maximum Gasteiger partial charge on any atom is 0.321 e. The number of piperidine rings is 1. The Labute approximate surface area is 200 Å². The van der Waals surface area contributed by atoms with Crippen molar-refractivity contribution >= 4 is 22.9 Å². The average Bonchev–Trinajstić information content (AvgIpc) is 3.39. The molecule has 0 radical (unpaired) electrons. The van der Waals surface area contributed by atoms with Crippen molar-refractivity contribution in [3.8, 4) is 6.01 Å². The molecule has 3 fully saturated rings. The first-order valence-electron chi connectivity index (χ1n) is 12.0. The van der Waals surface area contributed by atoms with Crippen LogP contribution in [-0.4, -0.2) is 79.6 Å². The minimum absolute atomic E-state index is 0.0660. The quantitative estimate of drug-likeness (QED) is 0.568. The number of nitrogens with one attached hydrogen (secondary N) is 1. The molecule has 2 aliphatic heterocycles. The molecule has 0 spiro atoms. The SMILES string of the molecule is C[C@@H]1C[C@@H]1COc1nc(C(=O)N2CC(F)(F)C2)nc(N2CCC(c3n[nH]c4ncccc34)CC2)n1. The lowest BCUT2D eigenvalue weighted by atomic mass is 9.92. The van der Waals surface area contributed by atoms with E-state index in [9.17, 15) is 13.6 Å². The van der Waals surface area contributed by atoms with Crippen LogP contribution in [0.25, 0.3) is 11.0 Å². The zero-order valence-corrected chi connectivity index (χ0v) is 19.3. The van der Waals surface area contributed by atoms with E-state index >= 15 is 0 Å². The van der Waals surface area contributed by atoms with Crippen molar-refractivity contribution in [1.29, 1.82) is 0 Å². The Kier molecular flexibility index (Phi) is 5.26. The molecule has 0 unspecified atom stereocenters. The summed E-state index contributed by atoms with van der Waals surface area (Å²) in [6.07, 6.45) is 4.45. The maximum absolute atomic E-state index is 13.3. The molecule has 1 aliphatic carbocycles. The molecule has 0 bridgehead atoms. The van der Waals surface area contributed by atoms with Gasteiger partial charge in [-0.1, -0.05) is 6.92 Å². The molecule has 1 saturated carbocycles. The number of aromatic nitrogens is 6. The lowest BCUT2D eigenvalue weighted by Crippen LogP contribution is -2.58. The van der Waals surface area contributed by atoms with Crippen molar-refractivity contribution in [3.05, 3.63) is 29.8 Å². The summed E-state index contributed by atoms with van der Waals surface area (Å²) >= 11 is 0. The highest BCUT2D eigenvalue weighted by molar-refractivity contribution is 5.91. The Morgan fingerprint density at radius 2 is 2.00 bits per heavy atom. The Hall–Kier alpha value is -3.44. The van der Waals surface area contributed by atoms with Gasteiger partial charge in [-0.25, -0.2) is 13.8 Å². The number of ether oxygens (including phenoxy) is 1. The van der Waals surface area contributed by atoms with Gasteiger partial charge in [0.1, 0.15) is 0 Å². The van der Waals surface area contributed by atoms with Crippen LogP contribution in [0.5, 0.6) is 6.01 Å². The van der Waals surface area contributed by atoms with Crippen LogP contribution in [0.1, 0.15) is 48.4 Å². The Balaban J connectivity index is 1.20. The standard InChI is InChI=1S/C23H26F2N8O2/c1-13-9-15(13)10-35-22-28-19(20(34)33-11-23(24,25)12-33)27-21(29-22)32-7-4-14(5-8-32)17-16-3-2-6-26-18(16)31-30-17/h2-3,6,13-15H,4-5,7-12H2,1H3,(H,26,30,31)/t13-,15-/m1/s1. The topological polar surface area (TPSA) is 113 Å². The first-order valence-corrected chi connectivity index (χ1v) is 12.0. The fourth-order valence-electron chi connectivity index (χ4n) is 4.80. The van der Waals surface area contributed by atoms with E-state index in [1.165, 1.54) is 0 Å². The molecule has 35 heavy (non-hydrogen) atoms. The molecular weight excluding hydrogens is 458 g/mol. The van der Waals surface area contributed by atoms with Crippen molar-refractivity contribution < 1.29 is 18.3 Å². The van der Waals surface area contributed by atoms with E-state index in [1.807, 2.05) is 17.0 Å². The zero-order chi connectivity index (χ0) is 24.2. The van der Waals surface area contributed by atoms with Crippen LogP contribution in [0, 0.1) is 11.8 Å². The van der Waals surface area contributed by atoms with Crippen LogP contribution in [-0.2, 0) is 0 Å². The van der Waals surface area contributed by atoms with Gasteiger partial charge in [0.15, 0.2) is 5.65 Å². The fraction of sp³-hybridized carbons (Fsp3) is 0.565. The second-order valence-electron chi connectivity index (χ2n) is 9.81. The van der Waals surface area contributed by atoms with Gasteiger partial charge in [0, 0.05) is 30.6 Å². The highest BCUT2D eigenvalue weighted by Crippen LogP contribution is 2.38. The van der Waals surface area contributed by atoms with Gasteiger partial charge in [-0.2, -0.15) is 20.1 Å². The van der Waals surface area contributed by atoms with Crippen LogP contribution in [0.2, 0.25) is 0 Å². The summed E-state index contributed by atoms with van der Waals surface area (Å²) in [6.45, 7) is 2.66. The highest BCUT2D eigenvalue weighted by atomic mass is 19.3. The third-order valence-electron chi connectivity index (χ3n) is 7.16. The van der Waals surface area contributed by atoms with E-state index in [0.717, 1.165) is 40.9 Å². The summed E-state index contributed by atoms with van der Waals surface area (Å²) in [7, 11) is 0. The number of carbonyl (C=O) groups is 1. The number of alkyl halides is 2. The molecule has 3 aromatic rings. The molecule has 2 atom stereocenters. The largest absolute Gasteiger partial charge is 0.463 e. The van der Waals surface area contributed by atoms with Crippen molar-refractivity contribution in [2.45, 2.75) is 38.0 Å². The molecule has 3 aliphatic rings. The lowest BCUT2D eigenvalue weighted by Gasteiger charge is -2.38. The van der Waals surface area contributed by atoms with E-state index in [-0.39, 0.29) is 17.8 Å². The highest BCUT2D eigenvalue weighted by Gasteiger charge is 2.47. The van der Waals surface area contributed by atoms with Crippen LogP contribution in [0.3, 0.4) is 0 Å². The zero-order valence-electron chi connectivity index (χ0n) is 19.3. The number of H-pyrrole nitrogens is 1. The number of hydrogen-bond acceptors (Lipinski definition) is 8. The maximum atomic E-state index is 13.3. The second kappa shape index (κ2) is 8.35. The first kappa shape index (κ1) is 22.1. The van der Waals surface area contributed by atoms with Gasteiger partial charge in [-0.3, -0.25) is 9.89 Å². The number of aromatic amines is 1. The van der Waals surface area contributed by atoms with Gasteiger partial charge in [-0.15, -0.1) is 0 Å². The molecule has 10 nitrogen and oxygen atoms in total. The number of fused-ring (bicyclic) bond motifs is 1. The number of pyridine rings is 1. The van der Waals surface area contributed by atoms with Crippen LogP contribution >= 0.6 is 0 Å². The minimum Gasteiger partial charge on any atom is -0.463 e. The summed E-state index contributed by atoms with van der Waals surface area (Å²) in [5.74, 6) is -2.03. The monoisotopic (exact) mass is 484 g/mol. The number of hydrogen-bond donors (Lipinski definition) is 1. The number of likely N-dealkylation sites (tertiary alicyclic amines) is 1. The summed E-state index contributed by atoms with van der Waals surface area (Å²) in [6, 6.07) is 3.98. The molecule has 6 rings (SSSR count). The Bertz CT molecular complexity index is 1250. The number of halogens is 2. The smallest absolute Gasteiger partial charge is 0.321 e. The average molecular weight is 485 g/mol. The molecule has 0 aromatic carbocycles. The Morgan fingerprint density at radius 3 is 2.71 bits per heavy atom. The number of nitrogens with zero attached hydrogens (tertiary/aromatic N) is 7. The molecule has 184 valence electrons. The molecular formula is C23H26F2N8O2. The minimum atomic E-state index is -2.86. The van der Waals surface area contributed by atoms with Gasteiger partial charge in [0.25, 0.3) is 11.8 Å². The van der Waals surface area contributed by atoms with Gasteiger partial charge < -0.3 is 14.5 Å². The third-order valence-corrected chi connectivity index (χ3v) is 7.16. The van der Waals surface area contributed by atoms with E-state index in [1.54, 1.807) is 6.20 Å². The number of carbonyl (C=O) groups excluding carboxylic acids is 1. The van der Waals surface area contributed by atoms with Gasteiger partial charge in [0.05, 0.1) is 25.4 Å². The van der Waals surface area contributed by atoms with Crippen molar-refractivity contribution in [3.63, 3.8) is 0 Å². The number of anilines is 1. The van der Waals surface area contributed by atoms with E-state index in [0.29, 0.717) is 37.5 Å². The molecule has 12 heteroatoms. The predicted octanol–water partition coefficient (Wildman–Crippen LogP) is 2.65. The summed E-state index contributed by atoms with van der Waals surface area (Å²) in [4.78, 5) is 33.1. The molecule has 1 N–H and O–H groups in total. The van der Waals surface area contributed by atoms with Crippen molar-refractivity contribution in [2.75, 3.05) is 37.7 Å². The van der Waals surface area contributed by atoms with Crippen molar-refractivity contribution in [2.24, 2.45) is 11.8 Å². The van der Waals surface area contributed by atoms with Gasteiger partial charge >= 0.3 is 6.01 Å². The molecule has 5 heterocycles. The molecule has 1 amide bonds. The summed E-state index contributed by atoms with van der Waals surface area (Å²) < 4.78 is 32.4. The number of rotatable bonds is 6. The van der Waals surface area contributed by atoms with E-state index < -0.39 is 24.9 Å². The summed E-state index contributed by atoms with van der Waals surface area (Å²) in [5.41, 5.74) is 1.77. The predicted molar refractivity (Wildman–Crippen MR) is 122 cm³/mol. The fourth-order valence-corrected chi connectivity index (χ4v) is 4.80. The summed E-state index contributed by atoms with van der Waals surface area (Å²) in [5, 5.41) is 8.51. The second-order valence-corrected chi connectivity index (χ2v) is 9.81. The van der Waals surface area contributed by atoms with Crippen LogP contribution < -0.4 is 9.64 Å². The van der Waals surface area contributed by atoms with Crippen molar-refractivity contribution in [1.82, 2.24) is 35.0 Å². The first-order chi connectivity index (χ1) is 16.9. The normalized spacial score (nSPS) is 23.9. The van der Waals surface area contributed by atoms with Gasteiger partial charge in [0.2, 0.25) is 11.8 Å². The third kappa shape index (κ3) is 4.37. The number of amides is 1. The molecule has 3 aromatic heterocycles. The lowest BCUT2D eigenvalue weighted by molar-refractivity contribution is -0.113. The van der Waals surface area contributed by atoms with Crippen LogP contribution in [0.4, 0.5) is 14.7 Å². The van der Waals surface area contributed by atoms with Gasteiger partial charge in [-0.05, 0) is 43.2 Å². The van der Waals surface area contributed by atoms with Crippen LogP contribution in [0.15, 0.2) is 18.3 Å². The van der Waals surface area contributed by atoms with E-state index in [2.05, 4.69) is 37.1 Å².